The number of esters is 1. The molecule has 2 aromatic carbocycles. The number of benzene rings is 2. The lowest BCUT2D eigenvalue weighted by molar-refractivity contribution is -0.154. The molecule has 1 spiro atoms. The lowest BCUT2D eigenvalue weighted by atomic mass is 9.63. The Morgan fingerprint density at radius 1 is 1.32 bits per heavy atom. The van der Waals surface area contributed by atoms with Gasteiger partial charge in [-0.2, -0.15) is 0 Å². The summed E-state index contributed by atoms with van der Waals surface area (Å²) >= 11 is 0. The quantitative estimate of drug-likeness (QED) is 0.663. The fourth-order valence-electron chi connectivity index (χ4n) is 4.85. The maximum Gasteiger partial charge on any atom is 0.315 e. The summed E-state index contributed by atoms with van der Waals surface area (Å²) in [6.07, 6.45) is -1.07. The number of nitrogens with one attached hydrogen (secondary N) is 1. The number of hydrogen-bond acceptors (Lipinski definition) is 6. The number of H-pyrrole nitrogens is 1. The number of hydrogen-bond donors (Lipinski definition) is 2. The van der Waals surface area contributed by atoms with E-state index in [1.807, 2.05) is 37.3 Å². The molecule has 0 saturated heterocycles. The number of ether oxygens (including phenoxy) is 2. The summed E-state index contributed by atoms with van der Waals surface area (Å²) in [4.78, 5) is 27.0. The van der Waals surface area contributed by atoms with Crippen LogP contribution < -0.4 is 10.5 Å². The van der Waals surface area contributed by atoms with Crippen LogP contribution in [0, 0.1) is 12.8 Å². The lowest BCUT2D eigenvalue weighted by Gasteiger charge is -2.42. The molecular formula is C21H19N3O4. The zero-order valence-electron chi connectivity index (χ0n) is 15.5. The number of aromatic nitrogens is 2. The van der Waals surface area contributed by atoms with E-state index in [0.717, 1.165) is 16.3 Å². The number of carbonyl (C=O) groups is 2. The molecule has 0 bridgehead atoms. The Hall–Kier alpha value is -3.19. The third-order valence-electron chi connectivity index (χ3n) is 5.82. The van der Waals surface area contributed by atoms with Crippen LogP contribution >= 0.6 is 0 Å². The third kappa shape index (κ3) is 1.84. The van der Waals surface area contributed by atoms with E-state index >= 15 is 0 Å². The molecule has 7 heteroatoms. The van der Waals surface area contributed by atoms with E-state index in [-0.39, 0.29) is 18.3 Å². The lowest BCUT2D eigenvalue weighted by Crippen LogP contribution is -2.58. The smallest absolute Gasteiger partial charge is 0.315 e. The van der Waals surface area contributed by atoms with E-state index < -0.39 is 23.5 Å². The van der Waals surface area contributed by atoms with Gasteiger partial charge in [-0.3, -0.25) is 20.4 Å². The molecule has 3 aromatic rings. The van der Waals surface area contributed by atoms with Crippen LogP contribution in [0.5, 0.6) is 5.88 Å². The minimum atomic E-state index is -1.33. The molecule has 2 heterocycles. The van der Waals surface area contributed by atoms with E-state index in [1.54, 1.807) is 13.0 Å². The first-order valence-electron chi connectivity index (χ1n) is 9.23. The second-order valence-electron chi connectivity index (χ2n) is 7.19. The Morgan fingerprint density at radius 2 is 2.07 bits per heavy atom. The number of nitrogens with zero attached hydrogens (tertiary/aromatic N) is 1. The van der Waals surface area contributed by atoms with Crippen molar-refractivity contribution in [3.8, 4) is 5.88 Å². The van der Waals surface area contributed by atoms with Gasteiger partial charge >= 0.3 is 5.97 Å². The van der Waals surface area contributed by atoms with Crippen LogP contribution in [0.1, 0.15) is 34.1 Å². The molecule has 0 fully saturated rings. The molecule has 7 nitrogen and oxygen atoms in total. The van der Waals surface area contributed by atoms with Gasteiger partial charge in [0.15, 0.2) is 12.0 Å². The number of rotatable bonds is 2. The molecular weight excluding hydrogens is 358 g/mol. The summed E-state index contributed by atoms with van der Waals surface area (Å²) in [7, 11) is 0. The first-order chi connectivity index (χ1) is 13.5. The summed E-state index contributed by atoms with van der Waals surface area (Å²) in [5, 5.41) is 8.86. The van der Waals surface area contributed by atoms with Crippen LogP contribution in [0.25, 0.3) is 10.8 Å². The molecule has 1 aliphatic heterocycles. The van der Waals surface area contributed by atoms with Gasteiger partial charge in [0, 0.05) is 11.3 Å². The van der Waals surface area contributed by atoms with Crippen LogP contribution in [0.3, 0.4) is 0 Å². The monoisotopic (exact) mass is 377 g/mol. The SMILES string of the molecule is CCOC(=O)C1C(N)Oc2n[nH]c(C)c2C12C(=O)c1cccc3cccc2c13. The van der Waals surface area contributed by atoms with Crippen molar-refractivity contribution in [3.05, 3.63) is 58.8 Å². The Kier molecular flexibility index (Phi) is 3.42. The van der Waals surface area contributed by atoms with Crippen LogP contribution in [-0.2, 0) is 14.9 Å². The fourth-order valence-corrected chi connectivity index (χ4v) is 4.85. The molecule has 5 rings (SSSR count). The van der Waals surface area contributed by atoms with Crippen molar-refractivity contribution in [2.24, 2.45) is 11.7 Å². The van der Waals surface area contributed by atoms with Gasteiger partial charge in [0.05, 0.1) is 12.2 Å². The number of aryl methyl sites for hydroxylation is 1. The summed E-state index contributed by atoms with van der Waals surface area (Å²) < 4.78 is 11.1. The topological polar surface area (TPSA) is 107 Å². The minimum absolute atomic E-state index is 0.179. The normalized spacial score (nSPS) is 25.0. The highest BCUT2D eigenvalue weighted by molar-refractivity contribution is 6.23. The highest BCUT2D eigenvalue weighted by atomic mass is 16.5. The van der Waals surface area contributed by atoms with Gasteiger partial charge in [0.1, 0.15) is 11.3 Å². The minimum Gasteiger partial charge on any atom is -0.466 e. The summed E-state index contributed by atoms with van der Waals surface area (Å²) in [5.74, 6) is -1.51. The van der Waals surface area contributed by atoms with Crippen LogP contribution in [0.2, 0.25) is 0 Å². The standard InChI is InChI=1S/C21H19N3O4/c1-3-27-20(26)16-18(22)28-19-15(10(2)23-24-19)21(16)13-9-5-7-11-6-4-8-12(14(11)13)17(21)25/h4-9,16,18H,3,22H2,1-2H3,(H,23,24). The first kappa shape index (κ1) is 16.9. The number of fused-ring (bicyclic) bond motifs is 3. The Bertz CT molecular complexity index is 1150. The number of carbonyl (C=O) groups excluding carboxylic acids is 2. The van der Waals surface area contributed by atoms with E-state index in [2.05, 4.69) is 10.2 Å². The molecule has 0 radical (unpaired) electrons. The van der Waals surface area contributed by atoms with Gasteiger partial charge in [-0.05, 0) is 30.2 Å². The van der Waals surface area contributed by atoms with Crippen molar-refractivity contribution < 1.29 is 19.1 Å². The van der Waals surface area contributed by atoms with Gasteiger partial charge in [0.25, 0.3) is 0 Å². The second-order valence-corrected chi connectivity index (χ2v) is 7.19. The predicted molar refractivity (Wildman–Crippen MR) is 101 cm³/mol. The van der Waals surface area contributed by atoms with Gasteiger partial charge in [0.2, 0.25) is 5.88 Å². The van der Waals surface area contributed by atoms with Crippen molar-refractivity contribution in [1.29, 1.82) is 0 Å². The molecule has 3 unspecified atom stereocenters. The fraction of sp³-hybridized carbons (Fsp3) is 0.286. The molecule has 28 heavy (non-hydrogen) atoms. The number of Topliss-reactive ketones (excluding diaryl/α,β-unsaturated/α-hetero) is 1. The zero-order valence-corrected chi connectivity index (χ0v) is 15.5. The number of nitrogens with two attached hydrogens (primary N) is 1. The third-order valence-corrected chi connectivity index (χ3v) is 5.82. The first-order valence-corrected chi connectivity index (χ1v) is 9.23. The second kappa shape index (κ2) is 5.65. The Balaban J connectivity index is 1.92. The van der Waals surface area contributed by atoms with Crippen LogP contribution in [-0.4, -0.2) is 34.8 Å². The van der Waals surface area contributed by atoms with Crippen LogP contribution in [0.4, 0.5) is 0 Å². The van der Waals surface area contributed by atoms with Gasteiger partial charge in [-0.15, -0.1) is 5.10 Å². The number of aromatic amines is 1. The van der Waals surface area contributed by atoms with E-state index in [1.165, 1.54) is 0 Å². The van der Waals surface area contributed by atoms with Crippen molar-refractivity contribution in [2.45, 2.75) is 25.5 Å². The maximum absolute atomic E-state index is 14.0. The van der Waals surface area contributed by atoms with E-state index in [0.29, 0.717) is 16.8 Å². The van der Waals surface area contributed by atoms with Gasteiger partial charge in [-0.25, -0.2) is 0 Å². The molecule has 2 aliphatic rings. The van der Waals surface area contributed by atoms with Crippen molar-refractivity contribution >= 4 is 22.5 Å². The Morgan fingerprint density at radius 3 is 2.82 bits per heavy atom. The molecule has 3 atom stereocenters. The number of ketones is 1. The Labute approximate surface area is 160 Å². The highest BCUT2D eigenvalue weighted by Gasteiger charge is 2.64. The molecule has 3 N–H and O–H groups in total. The van der Waals surface area contributed by atoms with Crippen molar-refractivity contribution in [2.75, 3.05) is 6.61 Å². The molecule has 1 aliphatic carbocycles. The summed E-state index contributed by atoms with van der Waals surface area (Å²) in [6, 6.07) is 11.3. The molecule has 1 aromatic heterocycles. The average Bonchev–Trinajstić information content (AvgIpc) is 3.16. The van der Waals surface area contributed by atoms with Crippen LogP contribution in [0.15, 0.2) is 36.4 Å². The largest absolute Gasteiger partial charge is 0.466 e. The van der Waals surface area contributed by atoms with Gasteiger partial charge < -0.3 is 9.47 Å². The highest BCUT2D eigenvalue weighted by Crippen LogP contribution is 2.56. The predicted octanol–water partition coefficient (Wildman–Crippen LogP) is 2.21. The molecule has 0 amide bonds. The van der Waals surface area contributed by atoms with Crippen molar-refractivity contribution in [1.82, 2.24) is 10.2 Å². The zero-order chi connectivity index (χ0) is 19.6. The molecule has 0 saturated carbocycles. The van der Waals surface area contributed by atoms with Gasteiger partial charge in [-0.1, -0.05) is 36.4 Å². The average molecular weight is 377 g/mol. The van der Waals surface area contributed by atoms with Crippen molar-refractivity contribution in [3.63, 3.8) is 0 Å². The maximum atomic E-state index is 14.0. The summed E-state index contributed by atoms with van der Waals surface area (Å²) in [6.45, 7) is 3.72. The van der Waals surface area contributed by atoms with E-state index in [9.17, 15) is 9.59 Å². The summed E-state index contributed by atoms with van der Waals surface area (Å²) in [5.41, 5.74) is 7.48. The van der Waals surface area contributed by atoms with E-state index in [4.69, 9.17) is 15.2 Å². The molecule has 142 valence electrons.